The van der Waals surface area contributed by atoms with Gasteiger partial charge in [-0.1, -0.05) is 6.92 Å². The largest absolute Gasteiger partial charge is 0.481 e. The van der Waals surface area contributed by atoms with E-state index in [0.29, 0.717) is 26.2 Å². The van der Waals surface area contributed by atoms with Gasteiger partial charge < -0.3 is 10.4 Å². The van der Waals surface area contributed by atoms with E-state index in [0.717, 1.165) is 0 Å². The standard InChI is InChI=1S/C10H18N2O3/c1-3-11-9(13)6-12-4-8(5-12)7(2)10(14)15/h7-8H,3-6H2,1-2H3,(H,11,13)(H,14,15). The van der Waals surface area contributed by atoms with Crippen molar-refractivity contribution in [3.05, 3.63) is 0 Å². The minimum Gasteiger partial charge on any atom is -0.481 e. The van der Waals surface area contributed by atoms with Crippen molar-refractivity contribution in [1.82, 2.24) is 10.2 Å². The molecule has 2 N–H and O–H groups in total. The first-order valence-electron chi connectivity index (χ1n) is 5.26. The highest BCUT2D eigenvalue weighted by Crippen LogP contribution is 2.23. The van der Waals surface area contributed by atoms with Crippen molar-refractivity contribution in [1.29, 1.82) is 0 Å². The Bertz CT molecular complexity index is 249. The number of hydrogen-bond donors (Lipinski definition) is 2. The molecule has 86 valence electrons. The summed E-state index contributed by atoms with van der Waals surface area (Å²) in [4.78, 5) is 23.8. The Morgan fingerprint density at radius 1 is 1.53 bits per heavy atom. The Morgan fingerprint density at radius 3 is 2.60 bits per heavy atom. The lowest BCUT2D eigenvalue weighted by Crippen LogP contribution is -2.53. The maximum absolute atomic E-state index is 11.2. The van der Waals surface area contributed by atoms with Crippen molar-refractivity contribution < 1.29 is 14.7 Å². The van der Waals surface area contributed by atoms with Gasteiger partial charge in [-0.05, 0) is 12.8 Å². The van der Waals surface area contributed by atoms with E-state index in [2.05, 4.69) is 5.32 Å². The molecule has 0 bridgehead atoms. The van der Waals surface area contributed by atoms with Gasteiger partial charge in [0.1, 0.15) is 0 Å². The summed E-state index contributed by atoms with van der Waals surface area (Å²) in [6.07, 6.45) is 0. The number of nitrogens with one attached hydrogen (secondary N) is 1. The maximum Gasteiger partial charge on any atom is 0.306 e. The topological polar surface area (TPSA) is 69.6 Å². The monoisotopic (exact) mass is 214 g/mol. The Kier molecular flexibility index (Phi) is 4.08. The number of hydrogen-bond acceptors (Lipinski definition) is 3. The fourth-order valence-electron chi connectivity index (χ4n) is 1.71. The Labute approximate surface area is 89.4 Å². The van der Waals surface area contributed by atoms with Crippen molar-refractivity contribution >= 4 is 11.9 Å². The van der Waals surface area contributed by atoms with E-state index in [1.807, 2.05) is 11.8 Å². The summed E-state index contributed by atoms with van der Waals surface area (Å²) in [5.74, 6) is -0.857. The molecular formula is C10H18N2O3. The third-order valence-corrected chi connectivity index (χ3v) is 2.82. The van der Waals surface area contributed by atoms with Gasteiger partial charge >= 0.3 is 5.97 Å². The molecule has 0 radical (unpaired) electrons. The van der Waals surface area contributed by atoms with E-state index in [4.69, 9.17) is 5.11 Å². The van der Waals surface area contributed by atoms with Gasteiger partial charge in [-0.25, -0.2) is 0 Å². The molecule has 5 nitrogen and oxygen atoms in total. The number of carboxylic acid groups (broad SMARTS) is 1. The molecule has 0 aromatic heterocycles. The first-order valence-corrected chi connectivity index (χ1v) is 5.26. The fraction of sp³-hybridized carbons (Fsp3) is 0.800. The molecule has 1 aliphatic rings. The number of nitrogens with zero attached hydrogens (tertiary/aromatic N) is 1. The van der Waals surface area contributed by atoms with Crippen molar-refractivity contribution in [2.75, 3.05) is 26.2 Å². The van der Waals surface area contributed by atoms with Crippen LogP contribution in [0.25, 0.3) is 0 Å². The van der Waals surface area contributed by atoms with Gasteiger partial charge in [0.05, 0.1) is 12.5 Å². The summed E-state index contributed by atoms with van der Waals surface area (Å²) in [5.41, 5.74) is 0. The van der Waals surface area contributed by atoms with Gasteiger partial charge in [0.2, 0.25) is 5.91 Å². The van der Waals surface area contributed by atoms with Crippen LogP contribution in [0, 0.1) is 11.8 Å². The number of likely N-dealkylation sites (tertiary alicyclic amines) is 1. The van der Waals surface area contributed by atoms with Crippen LogP contribution in [0.2, 0.25) is 0 Å². The van der Waals surface area contributed by atoms with Crippen LogP contribution in [-0.4, -0.2) is 48.1 Å². The first kappa shape index (κ1) is 12.0. The fourth-order valence-corrected chi connectivity index (χ4v) is 1.71. The van der Waals surface area contributed by atoms with E-state index in [1.165, 1.54) is 0 Å². The molecule has 1 saturated heterocycles. The number of carbonyl (C=O) groups is 2. The number of carbonyl (C=O) groups excluding carboxylic acids is 1. The lowest BCUT2D eigenvalue weighted by molar-refractivity contribution is -0.145. The number of aliphatic carboxylic acids is 1. The lowest BCUT2D eigenvalue weighted by Gasteiger charge is -2.40. The molecule has 5 heteroatoms. The van der Waals surface area contributed by atoms with Crippen molar-refractivity contribution in [2.24, 2.45) is 11.8 Å². The molecule has 1 heterocycles. The Balaban J connectivity index is 2.20. The van der Waals surface area contributed by atoms with Gasteiger partial charge in [-0.2, -0.15) is 0 Å². The zero-order valence-electron chi connectivity index (χ0n) is 9.19. The van der Waals surface area contributed by atoms with Gasteiger partial charge in [-0.15, -0.1) is 0 Å². The van der Waals surface area contributed by atoms with E-state index in [-0.39, 0.29) is 17.7 Å². The second-order valence-electron chi connectivity index (χ2n) is 4.03. The number of amides is 1. The van der Waals surface area contributed by atoms with Crippen LogP contribution in [0.3, 0.4) is 0 Å². The summed E-state index contributed by atoms with van der Waals surface area (Å²) in [6.45, 7) is 6.05. The predicted octanol–water partition coefficient (Wildman–Crippen LogP) is -0.225. The van der Waals surface area contributed by atoms with Crippen LogP contribution in [0.5, 0.6) is 0 Å². The van der Waals surface area contributed by atoms with Crippen LogP contribution in [0.1, 0.15) is 13.8 Å². The zero-order chi connectivity index (χ0) is 11.4. The smallest absolute Gasteiger partial charge is 0.306 e. The number of carboxylic acids is 1. The third-order valence-electron chi connectivity index (χ3n) is 2.82. The minimum absolute atomic E-state index is 0.0129. The van der Waals surface area contributed by atoms with Crippen LogP contribution >= 0.6 is 0 Å². The molecular weight excluding hydrogens is 196 g/mol. The third kappa shape index (κ3) is 3.20. The summed E-state index contributed by atoms with van der Waals surface area (Å²) in [5, 5.41) is 11.5. The van der Waals surface area contributed by atoms with Crippen LogP contribution in [-0.2, 0) is 9.59 Å². The molecule has 1 fully saturated rings. The SMILES string of the molecule is CCNC(=O)CN1CC(C(C)C(=O)O)C1. The van der Waals surface area contributed by atoms with Gasteiger partial charge in [0, 0.05) is 19.6 Å². The van der Waals surface area contributed by atoms with Crippen molar-refractivity contribution in [2.45, 2.75) is 13.8 Å². The number of rotatable bonds is 5. The average Bonchev–Trinajstić information content (AvgIpc) is 2.09. The number of likely N-dealkylation sites (N-methyl/N-ethyl adjacent to an activating group) is 1. The predicted molar refractivity (Wildman–Crippen MR) is 55.4 cm³/mol. The summed E-state index contributed by atoms with van der Waals surface area (Å²) >= 11 is 0. The molecule has 1 aliphatic heterocycles. The molecule has 0 saturated carbocycles. The second-order valence-corrected chi connectivity index (χ2v) is 4.03. The van der Waals surface area contributed by atoms with Crippen LogP contribution < -0.4 is 5.32 Å². The van der Waals surface area contributed by atoms with E-state index in [1.54, 1.807) is 6.92 Å². The maximum atomic E-state index is 11.2. The molecule has 1 atom stereocenters. The highest BCUT2D eigenvalue weighted by Gasteiger charge is 2.35. The minimum atomic E-state index is -0.752. The lowest BCUT2D eigenvalue weighted by atomic mass is 9.87. The molecule has 1 amide bonds. The van der Waals surface area contributed by atoms with Gasteiger partial charge in [-0.3, -0.25) is 14.5 Å². The summed E-state index contributed by atoms with van der Waals surface area (Å²) < 4.78 is 0. The normalized spacial score (nSPS) is 19.3. The van der Waals surface area contributed by atoms with Crippen molar-refractivity contribution in [3.8, 4) is 0 Å². The van der Waals surface area contributed by atoms with Crippen LogP contribution in [0.4, 0.5) is 0 Å². The van der Waals surface area contributed by atoms with E-state index >= 15 is 0 Å². The van der Waals surface area contributed by atoms with Crippen molar-refractivity contribution in [3.63, 3.8) is 0 Å². The van der Waals surface area contributed by atoms with E-state index < -0.39 is 5.97 Å². The molecule has 0 aliphatic carbocycles. The van der Waals surface area contributed by atoms with Gasteiger partial charge in [0.15, 0.2) is 0 Å². The molecule has 0 spiro atoms. The Hall–Kier alpha value is -1.10. The molecule has 0 aromatic rings. The summed E-state index contributed by atoms with van der Waals surface area (Å²) in [7, 11) is 0. The highest BCUT2D eigenvalue weighted by molar-refractivity contribution is 5.78. The second kappa shape index (κ2) is 5.11. The Morgan fingerprint density at radius 2 is 2.13 bits per heavy atom. The van der Waals surface area contributed by atoms with E-state index in [9.17, 15) is 9.59 Å². The summed E-state index contributed by atoms with van der Waals surface area (Å²) in [6, 6.07) is 0. The average molecular weight is 214 g/mol. The zero-order valence-corrected chi connectivity index (χ0v) is 9.19. The van der Waals surface area contributed by atoms with Gasteiger partial charge in [0.25, 0.3) is 0 Å². The quantitative estimate of drug-likeness (QED) is 0.663. The molecule has 0 aromatic carbocycles. The first-order chi connectivity index (χ1) is 7.04. The molecule has 1 unspecified atom stereocenters. The molecule has 1 rings (SSSR count). The van der Waals surface area contributed by atoms with Crippen LogP contribution in [0.15, 0.2) is 0 Å². The highest BCUT2D eigenvalue weighted by atomic mass is 16.4. The molecule has 15 heavy (non-hydrogen) atoms.